The number of hydrogen-bond acceptors (Lipinski definition) is 3. The van der Waals surface area contributed by atoms with Crippen molar-refractivity contribution in [2.75, 3.05) is 19.8 Å². The summed E-state index contributed by atoms with van der Waals surface area (Å²) < 4.78 is 5.31. The molecule has 3 nitrogen and oxygen atoms in total. The van der Waals surface area contributed by atoms with E-state index in [9.17, 15) is 5.11 Å². The molecule has 17 heavy (non-hydrogen) atoms. The molecule has 0 aromatic heterocycles. The van der Waals surface area contributed by atoms with E-state index in [1.807, 2.05) is 6.08 Å². The molecule has 0 aliphatic carbocycles. The van der Waals surface area contributed by atoms with Crippen LogP contribution in [0.3, 0.4) is 0 Å². The van der Waals surface area contributed by atoms with Gasteiger partial charge in [0.2, 0.25) is 0 Å². The lowest BCUT2D eigenvalue weighted by Gasteiger charge is -2.18. The molecule has 0 saturated heterocycles. The van der Waals surface area contributed by atoms with Crippen molar-refractivity contribution >= 4 is 0 Å². The van der Waals surface area contributed by atoms with Gasteiger partial charge in [-0.15, -0.1) is 0 Å². The second-order valence-electron chi connectivity index (χ2n) is 5.38. The van der Waals surface area contributed by atoms with Gasteiger partial charge in [0.1, 0.15) is 0 Å². The molecule has 0 spiro atoms. The molecule has 0 saturated carbocycles. The average Bonchev–Trinajstić information content (AvgIpc) is 2.24. The van der Waals surface area contributed by atoms with Crippen molar-refractivity contribution in [1.82, 2.24) is 5.32 Å². The molecule has 0 aliphatic rings. The lowest BCUT2D eigenvalue weighted by molar-refractivity contribution is -0.0125. The van der Waals surface area contributed by atoms with E-state index in [-0.39, 0.29) is 0 Å². The second kappa shape index (κ2) is 8.67. The standard InChI is InChI=1S/C14H29NO2/c1-6-12(2)13(3)15-9-7-8-10-17-11-14(4,5)16/h7-8,12-13,15-16H,6,9-11H2,1-5H3/b8-7-/t12-,13?/m1/s1. The van der Waals surface area contributed by atoms with Gasteiger partial charge in [-0.05, 0) is 26.7 Å². The SMILES string of the molecule is CC[C@@H](C)C(C)NC/C=C\COCC(C)(C)O. The first-order chi connectivity index (χ1) is 7.87. The van der Waals surface area contributed by atoms with Crippen LogP contribution in [0.15, 0.2) is 12.2 Å². The normalized spacial score (nSPS) is 16.4. The lowest BCUT2D eigenvalue weighted by Crippen LogP contribution is -2.31. The highest BCUT2D eigenvalue weighted by Gasteiger charge is 2.11. The largest absolute Gasteiger partial charge is 0.388 e. The fourth-order valence-electron chi connectivity index (χ4n) is 1.34. The summed E-state index contributed by atoms with van der Waals surface area (Å²) in [6, 6.07) is 0.543. The Hall–Kier alpha value is -0.380. The highest BCUT2D eigenvalue weighted by Crippen LogP contribution is 2.05. The highest BCUT2D eigenvalue weighted by atomic mass is 16.5. The fourth-order valence-corrected chi connectivity index (χ4v) is 1.34. The van der Waals surface area contributed by atoms with Gasteiger partial charge in [-0.1, -0.05) is 32.4 Å². The summed E-state index contributed by atoms with van der Waals surface area (Å²) in [4.78, 5) is 0. The number of nitrogens with one attached hydrogen (secondary N) is 1. The van der Waals surface area contributed by atoms with Crippen molar-refractivity contribution in [3.8, 4) is 0 Å². The van der Waals surface area contributed by atoms with Gasteiger partial charge >= 0.3 is 0 Å². The zero-order valence-corrected chi connectivity index (χ0v) is 12.0. The Morgan fingerprint density at radius 2 is 1.94 bits per heavy atom. The molecule has 1 unspecified atom stereocenters. The predicted octanol–water partition coefficient (Wildman–Crippen LogP) is 2.35. The molecule has 0 aromatic carbocycles. The van der Waals surface area contributed by atoms with E-state index in [2.05, 4.69) is 32.2 Å². The molecule has 0 radical (unpaired) electrons. The number of ether oxygens (including phenoxy) is 1. The third kappa shape index (κ3) is 10.5. The van der Waals surface area contributed by atoms with Gasteiger partial charge in [-0.2, -0.15) is 0 Å². The topological polar surface area (TPSA) is 41.5 Å². The Morgan fingerprint density at radius 3 is 2.47 bits per heavy atom. The Labute approximate surface area is 106 Å². The third-order valence-corrected chi connectivity index (χ3v) is 2.89. The van der Waals surface area contributed by atoms with E-state index >= 15 is 0 Å². The van der Waals surface area contributed by atoms with Gasteiger partial charge in [0, 0.05) is 12.6 Å². The lowest BCUT2D eigenvalue weighted by atomic mass is 10.0. The van der Waals surface area contributed by atoms with E-state index in [0.29, 0.717) is 25.2 Å². The van der Waals surface area contributed by atoms with Gasteiger partial charge in [0.25, 0.3) is 0 Å². The van der Waals surface area contributed by atoms with Crippen LogP contribution in [-0.2, 0) is 4.74 Å². The van der Waals surface area contributed by atoms with Crippen LogP contribution >= 0.6 is 0 Å². The molecule has 0 amide bonds. The van der Waals surface area contributed by atoms with Crippen molar-refractivity contribution in [3.63, 3.8) is 0 Å². The third-order valence-electron chi connectivity index (χ3n) is 2.89. The highest BCUT2D eigenvalue weighted by molar-refractivity contribution is 4.85. The first-order valence-corrected chi connectivity index (χ1v) is 6.55. The monoisotopic (exact) mass is 243 g/mol. The van der Waals surface area contributed by atoms with Crippen LogP contribution in [0.5, 0.6) is 0 Å². The van der Waals surface area contributed by atoms with Crippen molar-refractivity contribution in [3.05, 3.63) is 12.2 Å². The molecule has 0 bridgehead atoms. The minimum absolute atomic E-state index is 0.369. The molecule has 102 valence electrons. The number of hydrogen-bond donors (Lipinski definition) is 2. The summed E-state index contributed by atoms with van der Waals surface area (Å²) in [6.45, 7) is 12.0. The molecule has 0 heterocycles. The Balaban J connectivity index is 3.49. The van der Waals surface area contributed by atoms with E-state index in [1.54, 1.807) is 13.8 Å². The Bertz CT molecular complexity index is 209. The maximum atomic E-state index is 9.42. The van der Waals surface area contributed by atoms with Crippen LogP contribution < -0.4 is 5.32 Å². The maximum absolute atomic E-state index is 9.42. The summed E-state index contributed by atoms with van der Waals surface area (Å²) in [7, 11) is 0. The van der Waals surface area contributed by atoms with Crippen molar-refractivity contribution in [2.45, 2.75) is 52.7 Å². The number of aliphatic hydroxyl groups is 1. The van der Waals surface area contributed by atoms with Crippen LogP contribution in [0.25, 0.3) is 0 Å². The summed E-state index contributed by atoms with van der Waals surface area (Å²) in [5.41, 5.74) is -0.739. The molecular weight excluding hydrogens is 214 g/mol. The zero-order chi connectivity index (χ0) is 13.3. The van der Waals surface area contributed by atoms with Crippen LogP contribution in [0.2, 0.25) is 0 Å². The molecule has 3 heteroatoms. The van der Waals surface area contributed by atoms with Crippen molar-refractivity contribution in [1.29, 1.82) is 0 Å². The fraction of sp³-hybridized carbons (Fsp3) is 0.857. The first kappa shape index (κ1) is 16.6. The van der Waals surface area contributed by atoms with Crippen molar-refractivity contribution in [2.24, 2.45) is 5.92 Å². The smallest absolute Gasteiger partial charge is 0.0824 e. The van der Waals surface area contributed by atoms with Gasteiger partial charge in [-0.3, -0.25) is 0 Å². The molecular formula is C14H29NO2. The van der Waals surface area contributed by atoms with Gasteiger partial charge in [0.05, 0.1) is 18.8 Å². The molecule has 0 aliphatic heterocycles. The van der Waals surface area contributed by atoms with E-state index in [1.165, 1.54) is 6.42 Å². The van der Waals surface area contributed by atoms with E-state index in [4.69, 9.17) is 4.74 Å². The van der Waals surface area contributed by atoms with Gasteiger partial charge < -0.3 is 15.2 Å². The van der Waals surface area contributed by atoms with Crippen molar-refractivity contribution < 1.29 is 9.84 Å². The predicted molar refractivity (Wildman–Crippen MR) is 73.2 cm³/mol. The van der Waals surface area contributed by atoms with Crippen LogP contribution in [0.1, 0.15) is 41.0 Å². The first-order valence-electron chi connectivity index (χ1n) is 6.55. The molecule has 0 rings (SSSR count). The van der Waals surface area contributed by atoms with Crippen LogP contribution in [-0.4, -0.2) is 36.5 Å². The van der Waals surface area contributed by atoms with E-state index in [0.717, 1.165) is 6.54 Å². The summed E-state index contributed by atoms with van der Waals surface area (Å²) in [5.74, 6) is 0.704. The Kier molecular flexibility index (Phi) is 8.48. The zero-order valence-electron chi connectivity index (χ0n) is 12.0. The summed E-state index contributed by atoms with van der Waals surface area (Å²) >= 11 is 0. The summed E-state index contributed by atoms with van der Waals surface area (Å²) in [5, 5.41) is 12.9. The van der Waals surface area contributed by atoms with E-state index < -0.39 is 5.60 Å². The minimum atomic E-state index is -0.739. The quantitative estimate of drug-likeness (QED) is 0.482. The average molecular weight is 243 g/mol. The second-order valence-corrected chi connectivity index (χ2v) is 5.38. The van der Waals surface area contributed by atoms with Crippen LogP contribution in [0, 0.1) is 5.92 Å². The molecule has 2 N–H and O–H groups in total. The maximum Gasteiger partial charge on any atom is 0.0824 e. The minimum Gasteiger partial charge on any atom is -0.388 e. The van der Waals surface area contributed by atoms with Crippen LogP contribution in [0.4, 0.5) is 0 Å². The van der Waals surface area contributed by atoms with Gasteiger partial charge in [0.15, 0.2) is 0 Å². The molecule has 0 fully saturated rings. The summed E-state index contributed by atoms with van der Waals surface area (Å²) in [6.07, 6.45) is 5.26. The Morgan fingerprint density at radius 1 is 1.29 bits per heavy atom. The molecule has 2 atom stereocenters. The number of rotatable bonds is 9. The molecule has 0 aromatic rings. The van der Waals surface area contributed by atoms with Gasteiger partial charge in [-0.25, -0.2) is 0 Å².